The van der Waals surface area contributed by atoms with E-state index in [1.165, 1.54) is 0 Å². The van der Waals surface area contributed by atoms with Gasteiger partial charge in [0, 0.05) is 19.7 Å². The van der Waals surface area contributed by atoms with Gasteiger partial charge in [0.2, 0.25) is 0 Å². The molecule has 2 aliphatic rings. The Kier molecular flexibility index (Phi) is 4.10. The number of carboxylic acids is 1. The number of hydrogen-bond acceptors (Lipinski definition) is 5. The Morgan fingerprint density at radius 1 is 1.43 bits per heavy atom. The SMILES string of the molecule is CCS(=O)(=O)c1ccccc1N1C[C@@H]2OCCC[C@]2(C(=O)O)C1. The van der Waals surface area contributed by atoms with Crippen LogP contribution in [0.4, 0.5) is 5.69 Å². The summed E-state index contributed by atoms with van der Waals surface area (Å²) in [5.74, 6) is -0.845. The normalized spacial score (nSPS) is 27.7. The molecule has 0 saturated carbocycles. The Morgan fingerprint density at radius 3 is 2.83 bits per heavy atom. The van der Waals surface area contributed by atoms with Crippen LogP contribution in [-0.4, -0.2) is 51.0 Å². The van der Waals surface area contributed by atoms with Crippen LogP contribution in [0.1, 0.15) is 19.8 Å². The van der Waals surface area contributed by atoms with Crippen LogP contribution in [0.2, 0.25) is 0 Å². The molecule has 1 aromatic carbocycles. The number of para-hydroxylation sites is 1. The number of benzene rings is 1. The summed E-state index contributed by atoms with van der Waals surface area (Å²) in [6, 6.07) is 6.80. The van der Waals surface area contributed by atoms with E-state index in [1.54, 1.807) is 31.2 Å². The molecule has 2 fully saturated rings. The first-order chi connectivity index (χ1) is 10.9. The summed E-state index contributed by atoms with van der Waals surface area (Å²) in [7, 11) is -3.37. The number of rotatable bonds is 4. The van der Waals surface area contributed by atoms with Gasteiger partial charge >= 0.3 is 5.97 Å². The number of fused-ring (bicyclic) bond motifs is 1. The van der Waals surface area contributed by atoms with Gasteiger partial charge in [-0.15, -0.1) is 0 Å². The van der Waals surface area contributed by atoms with Gasteiger partial charge in [0.05, 0.1) is 22.4 Å². The molecule has 1 N–H and O–H groups in total. The molecule has 1 aromatic rings. The Hall–Kier alpha value is -1.60. The molecule has 2 saturated heterocycles. The van der Waals surface area contributed by atoms with Gasteiger partial charge in [0.1, 0.15) is 5.41 Å². The zero-order valence-corrected chi connectivity index (χ0v) is 13.9. The van der Waals surface area contributed by atoms with Crippen molar-refractivity contribution in [1.29, 1.82) is 0 Å². The van der Waals surface area contributed by atoms with Crippen LogP contribution >= 0.6 is 0 Å². The average Bonchev–Trinajstić information content (AvgIpc) is 2.96. The second-order valence-corrected chi connectivity index (χ2v) is 8.42. The summed E-state index contributed by atoms with van der Waals surface area (Å²) in [5.41, 5.74) is -0.366. The quantitative estimate of drug-likeness (QED) is 0.896. The second kappa shape index (κ2) is 5.79. The van der Waals surface area contributed by atoms with Gasteiger partial charge in [-0.05, 0) is 25.0 Å². The number of anilines is 1. The van der Waals surface area contributed by atoms with Gasteiger partial charge in [-0.3, -0.25) is 4.79 Å². The summed E-state index contributed by atoms with van der Waals surface area (Å²) in [5, 5.41) is 9.71. The lowest BCUT2D eigenvalue weighted by molar-refractivity contribution is -0.161. The highest BCUT2D eigenvalue weighted by atomic mass is 32.2. The van der Waals surface area contributed by atoms with E-state index in [2.05, 4.69) is 0 Å². The maximum atomic E-state index is 12.3. The van der Waals surface area contributed by atoms with E-state index >= 15 is 0 Å². The third kappa shape index (κ3) is 2.61. The van der Waals surface area contributed by atoms with Crippen LogP contribution in [0.25, 0.3) is 0 Å². The molecule has 0 radical (unpaired) electrons. The lowest BCUT2D eigenvalue weighted by Crippen LogP contribution is -2.46. The number of ether oxygens (including phenoxy) is 1. The Balaban J connectivity index is 2.01. The molecule has 2 aliphatic heterocycles. The molecule has 0 aromatic heterocycles. The minimum absolute atomic E-state index is 0.0157. The lowest BCUT2D eigenvalue weighted by Gasteiger charge is -2.34. The average molecular weight is 339 g/mol. The van der Waals surface area contributed by atoms with Gasteiger partial charge < -0.3 is 14.7 Å². The molecule has 0 spiro atoms. The smallest absolute Gasteiger partial charge is 0.314 e. The summed E-state index contributed by atoms with van der Waals surface area (Å²) < 4.78 is 30.4. The Morgan fingerprint density at radius 2 is 2.17 bits per heavy atom. The minimum Gasteiger partial charge on any atom is -0.481 e. The molecule has 0 unspecified atom stereocenters. The number of hydrogen-bond donors (Lipinski definition) is 1. The topological polar surface area (TPSA) is 83.9 Å². The summed E-state index contributed by atoms with van der Waals surface area (Å²) in [6.07, 6.45) is 0.878. The van der Waals surface area contributed by atoms with Gasteiger partial charge in [-0.25, -0.2) is 8.42 Å². The fourth-order valence-electron chi connectivity index (χ4n) is 3.58. The monoisotopic (exact) mass is 339 g/mol. The van der Waals surface area contributed by atoms with E-state index in [9.17, 15) is 18.3 Å². The van der Waals surface area contributed by atoms with Gasteiger partial charge in [-0.2, -0.15) is 0 Å². The van der Waals surface area contributed by atoms with E-state index in [0.29, 0.717) is 31.7 Å². The van der Waals surface area contributed by atoms with Crippen molar-refractivity contribution in [2.45, 2.75) is 30.8 Å². The first-order valence-electron chi connectivity index (χ1n) is 7.82. The van der Waals surface area contributed by atoms with E-state index in [0.717, 1.165) is 0 Å². The van der Waals surface area contributed by atoms with Crippen molar-refractivity contribution < 1.29 is 23.1 Å². The molecule has 2 heterocycles. The van der Waals surface area contributed by atoms with E-state index in [-0.39, 0.29) is 17.2 Å². The number of carboxylic acid groups (broad SMARTS) is 1. The standard InChI is InChI=1S/C16H21NO5S/c1-2-23(20,21)13-7-4-3-6-12(13)17-10-14-16(11-17,15(18)19)8-5-9-22-14/h3-4,6-7,14H,2,5,8-11H2,1H3,(H,18,19)/t14-,16-/m0/s1. The fourth-order valence-corrected chi connectivity index (χ4v) is 4.69. The maximum absolute atomic E-state index is 12.3. The predicted octanol–water partition coefficient (Wildman–Crippen LogP) is 1.55. The van der Waals surface area contributed by atoms with Crippen molar-refractivity contribution >= 4 is 21.5 Å². The fraction of sp³-hybridized carbons (Fsp3) is 0.562. The summed E-state index contributed by atoms with van der Waals surface area (Å²) in [6.45, 7) is 2.85. The van der Waals surface area contributed by atoms with Crippen molar-refractivity contribution in [2.75, 3.05) is 30.3 Å². The van der Waals surface area contributed by atoms with Gasteiger partial charge in [-0.1, -0.05) is 19.1 Å². The first kappa shape index (κ1) is 16.3. The highest BCUT2D eigenvalue weighted by Crippen LogP contribution is 2.43. The molecule has 6 nitrogen and oxygen atoms in total. The van der Waals surface area contributed by atoms with Crippen LogP contribution in [0, 0.1) is 5.41 Å². The highest BCUT2D eigenvalue weighted by Gasteiger charge is 2.55. The molecular weight excluding hydrogens is 318 g/mol. The van der Waals surface area contributed by atoms with Crippen molar-refractivity contribution in [3.8, 4) is 0 Å². The molecule has 3 rings (SSSR count). The largest absolute Gasteiger partial charge is 0.481 e. The molecule has 0 aliphatic carbocycles. The van der Waals surface area contributed by atoms with Crippen molar-refractivity contribution in [1.82, 2.24) is 0 Å². The Bertz CT molecular complexity index is 717. The zero-order chi connectivity index (χ0) is 16.7. The van der Waals surface area contributed by atoms with E-state index in [1.807, 2.05) is 4.90 Å². The minimum atomic E-state index is -3.37. The second-order valence-electron chi connectivity index (χ2n) is 6.18. The third-order valence-corrected chi connectivity index (χ3v) is 6.68. The van der Waals surface area contributed by atoms with Crippen LogP contribution in [-0.2, 0) is 19.4 Å². The molecule has 0 bridgehead atoms. The highest BCUT2D eigenvalue weighted by molar-refractivity contribution is 7.91. The number of sulfone groups is 1. The van der Waals surface area contributed by atoms with Crippen LogP contribution in [0.5, 0.6) is 0 Å². The van der Waals surface area contributed by atoms with Crippen molar-refractivity contribution in [3.05, 3.63) is 24.3 Å². The third-order valence-electron chi connectivity index (χ3n) is 4.91. The summed E-state index contributed by atoms with van der Waals surface area (Å²) in [4.78, 5) is 14.0. The summed E-state index contributed by atoms with van der Waals surface area (Å²) >= 11 is 0. The lowest BCUT2D eigenvalue weighted by atomic mass is 9.79. The van der Waals surface area contributed by atoms with Crippen molar-refractivity contribution in [3.63, 3.8) is 0 Å². The predicted molar refractivity (Wildman–Crippen MR) is 85.4 cm³/mol. The molecule has 126 valence electrons. The molecule has 7 heteroatoms. The maximum Gasteiger partial charge on any atom is 0.314 e. The van der Waals surface area contributed by atoms with E-state index < -0.39 is 27.3 Å². The van der Waals surface area contributed by atoms with E-state index in [4.69, 9.17) is 4.74 Å². The van der Waals surface area contributed by atoms with Crippen LogP contribution in [0.15, 0.2) is 29.2 Å². The molecular formula is C16H21NO5S. The number of nitrogens with zero attached hydrogens (tertiary/aromatic N) is 1. The Labute approximate surface area is 136 Å². The van der Waals surface area contributed by atoms with Crippen LogP contribution in [0.3, 0.4) is 0 Å². The molecule has 0 amide bonds. The molecule has 2 atom stereocenters. The number of aliphatic carboxylic acids is 1. The first-order valence-corrected chi connectivity index (χ1v) is 9.48. The van der Waals surface area contributed by atoms with Gasteiger partial charge in [0.25, 0.3) is 0 Å². The molecule has 23 heavy (non-hydrogen) atoms. The van der Waals surface area contributed by atoms with Gasteiger partial charge in [0.15, 0.2) is 9.84 Å². The van der Waals surface area contributed by atoms with Crippen molar-refractivity contribution in [2.24, 2.45) is 5.41 Å². The zero-order valence-electron chi connectivity index (χ0n) is 13.1. The van der Waals surface area contributed by atoms with Crippen LogP contribution < -0.4 is 4.90 Å². The number of carbonyl (C=O) groups is 1.